The van der Waals surface area contributed by atoms with Crippen LogP contribution in [0.4, 0.5) is 5.69 Å². The van der Waals surface area contributed by atoms with E-state index in [1.807, 2.05) is 0 Å². The quantitative estimate of drug-likeness (QED) is 0.938. The first-order valence-corrected chi connectivity index (χ1v) is 8.61. The predicted octanol–water partition coefficient (Wildman–Crippen LogP) is 3.58. The monoisotopic (exact) mass is 308 g/mol. The van der Waals surface area contributed by atoms with E-state index in [1.54, 1.807) is 0 Å². The summed E-state index contributed by atoms with van der Waals surface area (Å²) >= 11 is 0. The van der Waals surface area contributed by atoms with Crippen molar-refractivity contribution in [2.45, 2.75) is 38.0 Å². The lowest BCUT2D eigenvalue weighted by Gasteiger charge is -2.29. The molecule has 3 atom stereocenters. The molecule has 0 spiro atoms. The Morgan fingerprint density at radius 2 is 1.78 bits per heavy atom. The van der Waals surface area contributed by atoms with Crippen LogP contribution in [-0.4, -0.2) is 18.7 Å². The van der Waals surface area contributed by atoms with Gasteiger partial charge in [-0.2, -0.15) is 0 Å². The number of rotatable bonds is 4. The van der Waals surface area contributed by atoms with Crippen LogP contribution in [-0.2, 0) is 6.54 Å². The number of hydrogen-bond acceptors (Lipinski definition) is 3. The van der Waals surface area contributed by atoms with Crippen molar-refractivity contribution < 1.29 is 4.74 Å². The van der Waals surface area contributed by atoms with Crippen LogP contribution in [0.3, 0.4) is 0 Å². The van der Waals surface area contributed by atoms with Gasteiger partial charge < -0.3 is 15.4 Å². The second-order valence-electron chi connectivity index (χ2n) is 6.72. The van der Waals surface area contributed by atoms with E-state index in [9.17, 15) is 0 Å². The van der Waals surface area contributed by atoms with Gasteiger partial charge in [0, 0.05) is 30.7 Å². The Morgan fingerprint density at radius 1 is 1.00 bits per heavy atom. The molecule has 1 aliphatic heterocycles. The van der Waals surface area contributed by atoms with Gasteiger partial charge in [0.05, 0.1) is 0 Å². The van der Waals surface area contributed by atoms with Gasteiger partial charge in [-0.1, -0.05) is 30.3 Å². The maximum atomic E-state index is 6.30. The summed E-state index contributed by atoms with van der Waals surface area (Å²) in [7, 11) is 0. The molecule has 2 fully saturated rings. The summed E-state index contributed by atoms with van der Waals surface area (Å²) < 4.78 is 6.30. The van der Waals surface area contributed by atoms with Gasteiger partial charge in [-0.3, -0.25) is 0 Å². The van der Waals surface area contributed by atoms with E-state index in [-0.39, 0.29) is 0 Å². The van der Waals surface area contributed by atoms with Gasteiger partial charge in [-0.05, 0) is 49.1 Å². The smallest absolute Gasteiger partial charge is 0.119 e. The van der Waals surface area contributed by atoms with Crippen molar-refractivity contribution in [3.8, 4) is 5.75 Å². The van der Waals surface area contributed by atoms with E-state index < -0.39 is 0 Å². The van der Waals surface area contributed by atoms with Crippen molar-refractivity contribution in [2.24, 2.45) is 11.7 Å². The summed E-state index contributed by atoms with van der Waals surface area (Å²) in [5.41, 5.74) is 8.16. The summed E-state index contributed by atoms with van der Waals surface area (Å²) in [4.78, 5) is 2.57. The standard InChI is InChI=1S/C20H24N2O/c21-13-15-6-9-19(10-7-15)23-20-11-8-18-12-16(20)14-22(18)17-4-2-1-3-5-17/h1-7,9-10,16,18,20H,8,11-14,21H2. The zero-order valence-corrected chi connectivity index (χ0v) is 13.4. The number of benzene rings is 2. The van der Waals surface area contributed by atoms with Crippen LogP contribution in [0.15, 0.2) is 54.6 Å². The largest absolute Gasteiger partial charge is 0.490 e. The molecule has 120 valence electrons. The summed E-state index contributed by atoms with van der Waals surface area (Å²) in [6.45, 7) is 1.69. The third-order valence-electron chi connectivity index (χ3n) is 5.29. The second kappa shape index (κ2) is 6.25. The molecule has 0 aromatic heterocycles. The van der Waals surface area contributed by atoms with Gasteiger partial charge in [0.25, 0.3) is 0 Å². The Morgan fingerprint density at radius 3 is 2.52 bits per heavy atom. The van der Waals surface area contributed by atoms with E-state index in [1.165, 1.54) is 18.5 Å². The molecule has 2 aromatic carbocycles. The highest BCUT2D eigenvalue weighted by Gasteiger charge is 2.41. The molecule has 2 aromatic rings. The molecule has 4 rings (SSSR count). The zero-order valence-electron chi connectivity index (χ0n) is 13.4. The van der Waals surface area contributed by atoms with Crippen LogP contribution < -0.4 is 15.4 Å². The SMILES string of the molecule is NCc1ccc(OC2CCC3CC2CN3c2ccccc2)cc1. The Hall–Kier alpha value is -2.00. The minimum Gasteiger partial charge on any atom is -0.490 e. The minimum absolute atomic E-state index is 0.337. The Balaban J connectivity index is 1.45. The third-order valence-corrected chi connectivity index (χ3v) is 5.29. The lowest BCUT2D eigenvalue weighted by atomic mass is 9.87. The molecule has 1 aliphatic carbocycles. The molecule has 1 saturated carbocycles. The van der Waals surface area contributed by atoms with E-state index in [0.717, 1.165) is 24.3 Å². The van der Waals surface area contributed by atoms with Crippen molar-refractivity contribution in [1.29, 1.82) is 0 Å². The first kappa shape index (κ1) is 14.6. The molecule has 1 heterocycles. The summed E-state index contributed by atoms with van der Waals surface area (Å²) in [5.74, 6) is 1.60. The molecule has 3 unspecified atom stereocenters. The molecule has 2 bridgehead atoms. The molecule has 2 N–H and O–H groups in total. The van der Waals surface area contributed by atoms with Crippen LogP contribution in [0, 0.1) is 5.92 Å². The van der Waals surface area contributed by atoms with Crippen LogP contribution in [0.5, 0.6) is 5.75 Å². The first-order valence-electron chi connectivity index (χ1n) is 8.61. The molecule has 23 heavy (non-hydrogen) atoms. The lowest BCUT2D eigenvalue weighted by Crippen LogP contribution is -2.31. The highest BCUT2D eigenvalue weighted by Crippen LogP contribution is 2.40. The predicted molar refractivity (Wildman–Crippen MR) is 93.7 cm³/mol. The zero-order chi connectivity index (χ0) is 15.6. The fourth-order valence-corrected chi connectivity index (χ4v) is 4.06. The number of nitrogens with two attached hydrogens (primary N) is 1. The molecule has 3 nitrogen and oxygen atoms in total. The lowest BCUT2D eigenvalue weighted by molar-refractivity contribution is 0.113. The van der Waals surface area contributed by atoms with Gasteiger partial charge in [0.1, 0.15) is 11.9 Å². The minimum atomic E-state index is 0.337. The number of para-hydroxylation sites is 1. The molecular weight excluding hydrogens is 284 g/mol. The van der Waals surface area contributed by atoms with Crippen molar-refractivity contribution >= 4 is 5.69 Å². The van der Waals surface area contributed by atoms with Crippen LogP contribution in [0.1, 0.15) is 24.8 Å². The first-order chi connectivity index (χ1) is 11.3. The van der Waals surface area contributed by atoms with Gasteiger partial charge in [0.2, 0.25) is 0 Å². The van der Waals surface area contributed by atoms with Crippen LogP contribution >= 0.6 is 0 Å². The highest BCUT2D eigenvalue weighted by atomic mass is 16.5. The van der Waals surface area contributed by atoms with Gasteiger partial charge >= 0.3 is 0 Å². The molecule has 0 radical (unpaired) electrons. The Labute approximate surface area is 138 Å². The number of fused-ring (bicyclic) bond motifs is 2. The Bertz CT molecular complexity index is 640. The maximum Gasteiger partial charge on any atom is 0.119 e. The second-order valence-corrected chi connectivity index (χ2v) is 6.72. The van der Waals surface area contributed by atoms with Crippen molar-refractivity contribution in [3.05, 3.63) is 60.2 Å². The van der Waals surface area contributed by atoms with E-state index >= 15 is 0 Å². The van der Waals surface area contributed by atoms with Crippen molar-refractivity contribution in [3.63, 3.8) is 0 Å². The fraction of sp³-hybridized carbons (Fsp3) is 0.400. The number of nitrogens with zero attached hydrogens (tertiary/aromatic N) is 1. The number of ether oxygens (including phenoxy) is 1. The number of anilines is 1. The van der Waals surface area contributed by atoms with Crippen LogP contribution in [0.2, 0.25) is 0 Å². The van der Waals surface area contributed by atoms with Gasteiger partial charge in [0.15, 0.2) is 0 Å². The van der Waals surface area contributed by atoms with E-state index in [0.29, 0.717) is 24.6 Å². The normalized spacial score (nSPS) is 26.3. The molecule has 3 heteroatoms. The number of hydrogen-bond donors (Lipinski definition) is 1. The van der Waals surface area contributed by atoms with Gasteiger partial charge in [-0.25, -0.2) is 0 Å². The van der Waals surface area contributed by atoms with E-state index in [2.05, 4.69) is 59.5 Å². The molecule has 0 amide bonds. The average Bonchev–Trinajstić information content (AvgIpc) is 2.97. The molecule has 2 aliphatic rings. The fourth-order valence-electron chi connectivity index (χ4n) is 4.06. The highest BCUT2D eigenvalue weighted by molar-refractivity contribution is 5.48. The average molecular weight is 308 g/mol. The topological polar surface area (TPSA) is 38.5 Å². The Kier molecular flexibility index (Phi) is 3.96. The molecular formula is C20H24N2O. The van der Waals surface area contributed by atoms with E-state index in [4.69, 9.17) is 10.5 Å². The van der Waals surface area contributed by atoms with Gasteiger partial charge in [-0.15, -0.1) is 0 Å². The summed E-state index contributed by atoms with van der Waals surface area (Å²) in [6.07, 6.45) is 3.96. The maximum absolute atomic E-state index is 6.30. The summed E-state index contributed by atoms with van der Waals surface area (Å²) in [6, 6.07) is 19.7. The van der Waals surface area contributed by atoms with Crippen molar-refractivity contribution in [1.82, 2.24) is 0 Å². The molecule has 1 saturated heterocycles. The van der Waals surface area contributed by atoms with Crippen LogP contribution in [0.25, 0.3) is 0 Å². The summed E-state index contributed by atoms with van der Waals surface area (Å²) in [5, 5.41) is 0. The third kappa shape index (κ3) is 2.93. The van der Waals surface area contributed by atoms with Crippen molar-refractivity contribution in [2.75, 3.05) is 11.4 Å².